The highest BCUT2D eigenvalue weighted by Gasteiger charge is 2.11. The highest BCUT2D eigenvalue weighted by atomic mass is 32.1. The van der Waals surface area contributed by atoms with E-state index in [4.69, 9.17) is 0 Å². The molecule has 0 saturated carbocycles. The number of rotatable bonds is 6. The summed E-state index contributed by atoms with van der Waals surface area (Å²) in [5.74, 6) is 0. The molecule has 0 radical (unpaired) electrons. The van der Waals surface area contributed by atoms with E-state index in [1.54, 1.807) is 11.3 Å². The fourth-order valence-electron chi connectivity index (χ4n) is 2.28. The van der Waals surface area contributed by atoms with Crippen LogP contribution in [0.15, 0.2) is 47.8 Å². The van der Waals surface area contributed by atoms with E-state index in [1.807, 2.05) is 18.2 Å². The first-order valence-corrected chi connectivity index (χ1v) is 7.91. The van der Waals surface area contributed by atoms with Crippen LogP contribution in [0.5, 0.6) is 0 Å². The Morgan fingerprint density at radius 1 is 1.14 bits per heavy atom. The maximum absolute atomic E-state index is 4.27. The van der Waals surface area contributed by atoms with Crippen LogP contribution >= 0.6 is 11.3 Å². The van der Waals surface area contributed by atoms with Gasteiger partial charge in [0.25, 0.3) is 0 Å². The number of benzene rings is 1. The molecule has 0 fully saturated rings. The normalized spacial score (nSPS) is 12.4. The topological polar surface area (TPSA) is 53.6 Å². The molecule has 5 heteroatoms. The van der Waals surface area contributed by atoms with Gasteiger partial charge in [-0.05, 0) is 24.8 Å². The van der Waals surface area contributed by atoms with Gasteiger partial charge in [0.15, 0.2) is 0 Å². The van der Waals surface area contributed by atoms with E-state index in [-0.39, 0.29) is 0 Å². The summed E-state index contributed by atoms with van der Waals surface area (Å²) in [6.45, 7) is 2.91. The SMILES string of the molecule is CC(Cc1cccs1)NCc1n[nH]nc1-c1ccccc1. The smallest absolute Gasteiger partial charge is 0.117 e. The number of aromatic amines is 1. The lowest BCUT2D eigenvalue weighted by Crippen LogP contribution is -2.27. The molecule has 108 valence electrons. The molecule has 0 aliphatic rings. The van der Waals surface area contributed by atoms with Crippen molar-refractivity contribution in [2.75, 3.05) is 0 Å². The third-order valence-corrected chi connectivity index (χ3v) is 4.27. The Morgan fingerprint density at radius 2 is 2.00 bits per heavy atom. The maximum Gasteiger partial charge on any atom is 0.117 e. The van der Waals surface area contributed by atoms with Gasteiger partial charge in [-0.1, -0.05) is 36.4 Å². The molecule has 1 aromatic carbocycles. The minimum atomic E-state index is 0.406. The third kappa shape index (κ3) is 3.56. The van der Waals surface area contributed by atoms with Crippen LogP contribution in [0, 0.1) is 0 Å². The second-order valence-electron chi connectivity index (χ2n) is 5.05. The van der Waals surface area contributed by atoms with Gasteiger partial charge in [-0.2, -0.15) is 15.4 Å². The van der Waals surface area contributed by atoms with Crippen molar-refractivity contribution < 1.29 is 0 Å². The molecule has 2 N–H and O–H groups in total. The lowest BCUT2D eigenvalue weighted by Gasteiger charge is -2.12. The van der Waals surface area contributed by atoms with Crippen molar-refractivity contribution in [3.8, 4) is 11.3 Å². The summed E-state index contributed by atoms with van der Waals surface area (Å²) < 4.78 is 0. The monoisotopic (exact) mass is 298 g/mol. The van der Waals surface area contributed by atoms with E-state index in [0.717, 1.165) is 23.4 Å². The average Bonchev–Trinajstić information content (AvgIpc) is 3.17. The van der Waals surface area contributed by atoms with Crippen molar-refractivity contribution in [2.45, 2.75) is 25.9 Å². The Bertz CT molecular complexity index is 661. The van der Waals surface area contributed by atoms with Crippen LogP contribution < -0.4 is 5.32 Å². The van der Waals surface area contributed by atoms with E-state index in [2.05, 4.69) is 57.3 Å². The van der Waals surface area contributed by atoms with Crippen molar-refractivity contribution in [2.24, 2.45) is 0 Å². The molecule has 0 amide bonds. The summed E-state index contributed by atoms with van der Waals surface area (Å²) in [7, 11) is 0. The minimum absolute atomic E-state index is 0.406. The molecule has 1 atom stereocenters. The molecule has 2 aromatic heterocycles. The summed E-state index contributed by atoms with van der Waals surface area (Å²) in [6.07, 6.45) is 1.04. The van der Waals surface area contributed by atoms with Crippen LogP contribution in [0.25, 0.3) is 11.3 Å². The second kappa shape index (κ2) is 6.65. The number of nitrogens with zero attached hydrogens (tertiary/aromatic N) is 2. The molecule has 3 rings (SSSR count). The van der Waals surface area contributed by atoms with E-state index in [0.29, 0.717) is 12.6 Å². The van der Waals surface area contributed by atoms with E-state index < -0.39 is 0 Å². The second-order valence-corrected chi connectivity index (χ2v) is 6.08. The molecule has 0 aliphatic heterocycles. The lowest BCUT2D eigenvalue weighted by atomic mass is 10.1. The predicted octanol–water partition coefficient (Wildman–Crippen LogP) is 3.25. The fourth-order valence-corrected chi connectivity index (χ4v) is 3.11. The van der Waals surface area contributed by atoms with Crippen LogP contribution in [0.4, 0.5) is 0 Å². The van der Waals surface area contributed by atoms with Crippen molar-refractivity contribution in [1.82, 2.24) is 20.7 Å². The molecule has 0 saturated heterocycles. The third-order valence-electron chi connectivity index (χ3n) is 3.37. The number of hydrogen-bond acceptors (Lipinski definition) is 4. The van der Waals surface area contributed by atoms with E-state index in [9.17, 15) is 0 Å². The van der Waals surface area contributed by atoms with Gasteiger partial charge in [0, 0.05) is 23.0 Å². The van der Waals surface area contributed by atoms with Crippen LogP contribution in [0.1, 0.15) is 17.5 Å². The van der Waals surface area contributed by atoms with Gasteiger partial charge in [0.05, 0.1) is 0 Å². The standard InChI is InChI=1S/C16H18N4S/c1-12(10-14-8-5-9-21-14)17-11-15-16(19-20-18-15)13-6-3-2-4-7-13/h2-9,12,17H,10-11H2,1H3,(H,18,19,20). The van der Waals surface area contributed by atoms with Crippen molar-refractivity contribution in [3.05, 3.63) is 58.4 Å². The van der Waals surface area contributed by atoms with Gasteiger partial charge in [0.1, 0.15) is 11.4 Å². The van der Waals surface area contributed by atoms with E-state index in [1.165, 1.54) is 4.88 Å². The number of H-pyrrole nitrogens is 1. The maximum atomic E-state index is 4.27. The Balaban J connectivity index is 1.62. The zero-order valence-corrected chi connectivity index (χ0v) is 12.7. The predicted molar refractivity (Wildman–Crippen MR) is 86.1 cm³/mol. The Hall–Kier alpha value is -1.98. The molecule has 0 spiro atoms. The molecule has 2 heterocycles. The highest BCUT2D eigenvalue weighted by Crippen LogP contribution is 2.19. The molecule has 1 unspecified atom stereocenters. The summed E-state index contributed by atoms with van der Waals surface area (Å²) >= 11 is 1.80. The first-order chi connectivity index (χ1) is 10.3. The Labute approximate surface area is 128 Å². The highest BCUT2D eigenvalue weighted by molar-refractivity contribution is 7.09. The Morgan fingerprint density at radius 3 is 2.76 bits per heavy atom. The molecular formula is C16H18N4S. The first kappa shape index (κ1) is 14.0. The van der Waals surface area contributed by atoms with Gasteiger partial charge in [-0.25, -0.2) is 0 Å². The summed E-state index contributed by atoms with van der Waals surface area (Å²) in [4.78, 5) is 1.40. The van der Waals surface area contributed by atoms with Crippen molar-refractivity contribution in [1.29, 1.82) is 0 Å². The summed E-state index contributed by atoms with van der Waals surface area (Å²) in [5, 5.41) is 16.9. The quantitative estimate of drug-likeness (QED) is 0.734. The molecule has 4 nitrogen and oxygen atoms in total. The number of thiophene rings is 1. The number of hydrogen-bond donors (Lipinski definition) is 2. The lowest BCUT2D eigenvalue weighted by molar-refractivity contribution is 0.543. The van der Waals surface area contributed by atoms with Crippen LogP contribution in [0.3, 0.4) is 0 Å². The minimum Gasteiger partial charge on any atom is -0.308 e. The summed E-state index contributed by atoms with van der Waals surface area (Å²) in [6, 6.07) is 14.8. The van der Waals surface area contributed by atoms with Gasteiger partial charge in [-0.3, -0.25) is 0 Å². The number of aromatic nitrogens is 3. The zero-order valence-electron chi connectivity index (χ0n) is 11.9. The van der Waals surface area contributed by atoms with Crippen LogP contribution in [-0.2, 0) is 13.0 Å². The number of nitrogens with one attached hydrogen (secondary N) is 2. The zero-order chi connectivity index (χ0) is 14.5. The summed E-state index contributed by atoms with van der Waals surface area (Å²) in [5.41, 5.74) is 2.97. The Kier molecular flexibility index (Phi) is 4.43. The van der Waals surface area contributed by atoms with Gasteiger partial charge >= 0.3 is 0 Å². The van der Waals surface area contributed by atoms with Gasteiger partial charge < -0.3 is 5.32 Å². The van der Waals surface area contributed by atoms with Crippen LogP contribution in [0.2, 0.25) is 0 Å². The fraction of sp³-hybridized carbons (Fsp3) is 0.250. The molecule has 0 aliphatic carbocycles. The molecule has 21 heavy (non-hydrogen) atoms. The largest absolute Gasteiger partial charge is 0.308 e. The van der Waals surface area contributed by atoms with Crippen molar-refractivity contribution >= 4 is 11.3 Å². The molecule has 3 aromatic rings. The molecule has 0 bridgehead atoms. The first-order valence-electron chi connectivity index (χ1n) is 7.04. The van der Waals surface area contributed by atoms with Gasteiger partial charge in [0.2, 0.25) is 0 Å². The van der Waals surface area contributed by atoms with Crippen molar-refractivity contribution in [3.63, 3.8) is 0 Å². The van der Waals surface area contributed by atoms with Crippen LogP contribution in [-0.4, -0.2) is 21.5 Å². The van der Waals surface area contributed by atoms with Gasteiger partial charge in [-0.15, -0.1) is 11.3 Å². The molecular weight excluding hydrogens is 280 g/mol. The van der Waals surface area contributed by atoms with E-state index >= 15 is 0 Å². The average molecular weight is 298 g/mol.